The lowest BCUT2D eigenvalue weighted by atomic mass is 10.1. The number of benzene rings is 2. The van der Waals surface area contributed by atoms with Crippen LogP contribution in [0.5, 0.6) is 5.75 Å². The summed E-state index contributed by atoms with van der Waals surface area (Å²) in [6, 6.07) is 17.6. The number of ether oxygens (including phenoxy) is 1. The molecule has 0 aliphatic rings. The first-order chi connectivity index (χ1) is 11.2. The van der Waals surface area contributed by atoms with E-state index in [0.29, 0.717) is 12.2 Å². The van der Waals surface area contributed by atoms with Crippen LogP contribution in [0, 0.1) is 0 Å². The Balaban J connectivity index is 1.70. The Bertz CT molecular complexity index is 597. The van der Waals surface area contributed by atoms with E-state index in [9.17, 15) is 4.79 Å². The molecule has 0 saturated carbocycles. The first kappa shape index (κ1) is 17.0. The van der Waals surface area contributed by atoms with Crippen LogP contribution < -0.4 is 10.1 Å². The van der Waals surface area contributed by atoms with Crippen molar-refractivity contribution in [3.05, 3.63) is 65.7 Å². The maximum absolute atomic E-state index is 11.5. The number of amides is 1. The van der Waals surface area contributed by atoms with E-state index in [1.54, 1.807) is 7.05 Å². The predicted molar refractivity (Wildman–Crippen MR) is 92.7 cm³/mol. The van der Waals surface area contributed by atoms with Crippen LogP contribution in [0.1, 0.15) is 22.3 Å². The molecule has 2 aromatic carbocycles. The summed E-state index contributed by atoms with van der Waals surface area (Å²) in [5.41, 5.74) is 1.89. The van der Waals surface area contributed by atoms with E-state index in [1.807, 2.05) is 54.6 Å². The lowest BCUT2D eigenvalue weighted by molar-refractivity contribution is 0.0963. The van der Waals surface area contributed by atoms with Crippen molar-refractivity contribution in [2.75, 3.05) is 27.2 Å². The van der Waals surface area contributed by atoms with E-state index in [0.717, 1.165) is 25.3 Å². The molecule has 0 fully saturated rings. The van der Waals surface area contributed by atoms with Gasteiger partial charge in [-0.05, 0) is 43.3 Å². The molecule has 0 radical (unpaired) electrons. The zero-order valence-electron chi connectivity index (χ0n) is 13.8. The molecule has 0 aromatic heterocycles. The van der Waals surface area contributed by atoms with Gasteiger partial charge in [-0.2, -0.15) is 0 Å². The molecule has 23 heavy (non-hydrogen) atoms. The molecule has 0 bridgehead atoms. The number of para-hydroxylation sites is 1. The normalized spacial score (nSPS) is 10.6. The zero-order valence-corrected chi connectivity index (χ0v) is 13.8. The van der Waals surface area contributed by atoms with E-state index in [2.05, 4.69) is 17.3 Å². The molecule has 0 unspecified atom stereocenters. The van der Waals surface area contributed by atoms with Gasteiger partial charge in [-0.25, -0.2) is 0 Å². The molecule has 1 N–H and O–H groups in total. The van der Waals surface area contributed by atoms with Gasteiger partial charge in [0.2, 0.25) is 0 Å². The van der Waals surface area contributed by atoms with Gasteiger partial charge in [0.05, 0.1) is 6.61 Å². The lowest BCUT2D eigenvalue weighted by Gasteiger charge is -2.17. The highest BCUT2D eigenvalue weighted by Crippen LogP contribution is 2.09. The summed E-state index contributed by atoms with van der Waals surface area (Å²) in [4.78, 5) is 13.8. The summed E-state index contributed by atoms with van der Waals surface area (Å²) >= 11 is 0. The van der Waals surface area contributed by atoms with Gasteiger partial charge >= 0.3 is 0 Å². The molecule has 4 nitrogen and oxygen atoms in total. The summed E-state index contributed by atoms with van der Waals surface area (Å²) in [5.74, 6) is 0.864. The first-order valence-electron chi connectivity index (χ1n) is 7.86. The standard InChI is InChI=1S/C19H24N2O2/c1-20-19(22)17-11-9-16(10-12-17)15-21(2)13-6-14-23-18-7-4-3-5-8-18/h3-5,7-12H,6,13-15H2,1-2H3,(H,20,22). The lowest BCUT2D eigenvalue weighted by Crippen LogP contribution is -2.21. The fourth-order valence-electron chi connectivity index (χ4n) is 2.34. The molecule has 2 aromatic rings. The minimum atomic E-state index is -0.0528. The average Bonchev–Trinajstić information content (AvgIpc) is 2.59. The highest BCUT2D eigenvalue weighted by atomic mass is 16.5. The molecule has 2 rings (SSSR count). The molecule has 0 heterocycles. The first-order valence-corrected chi connectivity index (χ1v) is 7.86. The smallest absolute Gasteiger partial charge is 0.251 e. The number of nitrogens with one attached hydrogen (secondary N) is 1. The molecule has 4 heteroatoms. The second kappa shape index (κ2) is 8.96. The Hall–Kier alpha value is -2.33. The van der Waals surface area contributed by atoms with Crippen molar-refractivity contribution < 1.29 is 9.53 Å². The SMILES string of the molecule is CNC(=O)c1ccc(CN(C)CCCOc2ccccc2)cc1. The van der Waals surface area contributed by atoms with E-state index in [-0.39, 0.29) is 5.91 Å². The van der Waals surface area contributed by atoms with Gasteiger partial charge in [0.25, 0.3) is 5.91 Å². The zero-order chi connectivity index (χ0) is 16.5. The van der Waals surface area contributed by atoms with Crippen molar-refractivity contribution in [3.63, 3.8) is 0 Å². The summed E-state index contributed by atoms with van der Waals surface area (Å²) in [6.07, 6.45) is 0.974. The third-order valence-corrected chi connectivity index (χ3v) is 3.59. The molecule has 0 spiro atoms. The highest BCUT2D eigenvalue weighted by Gasteiger charge is 2.04. The molecule has 122 valence electrons. The molecule has 0 aliphatic carbocycles. The highest BCUT2D eigenvalue weighted by molar-refractivity contribution is 5.93. The van der Waals surface area contributed by atoms with Crippen LogP contribution in [-0.4, -0.2) is 38.1 Å². The third-order valence-electron chi connectivity index (χ3n) is 3.59. The topological polar surface area (TPSA) is 41.6 Å². The van der Waals surface area contributed by atoms with Crippen LogP contribution in [0.25, 0.3) is 0 Å². The van der Waals surface area contributed by atoms with E-state index >= 15 is 0 Å². The third kappa shape index (κ3) is 5.75. The van der Waals surface area contributed by atoms with Gasteiger partial charge in [0, 0.05) is 25.7 Å². The van der Waals surface area contributed by atoms with Gasteiger partial charge in [0.1, 0.15) is 5.75 Å². The molecular formula is C19H24N2O2. The monoisotopic (exact) mass is 312 g/mol. The second-order valence-electron chi connectivity index (χ2n) is 5.53. The van der Waals surface area contributed by atoms with Crippen LogP contribution in [0.3, 0.4) is 0 Å². The van der Waals surface area contributed by atoms with Crippen molar-refractivity contribution in [2.45, 2.75) is 13.0 Å². The number of carbonyl (C=O) groups excluding carboxylic acids is 1. The van der Waals surface area contributed by atoms with E-state index in [1.165, 1.54) is 5.56 Å². The van der Waals surface area contributed by atoms with Gasteiger partial charge in [0.15, 0.2) is 0 Å². The van der Waals surface area contributed by atoms with Crippen LogP contribution >= 0.6 is 0 Å². The Labute approximate surface area is 138 Å². The molecule has 0 atom stereocenters. The number of hydrogen-bond donors (Lipinski definition) is 1. The van der Waals surface area contributed by atoms with Crippen LogP contribution in [0.2, 0.25) is 0 Å². The quantitative estimate of drug-likeness (QED) is 0.762. The Morgan fingerprint density at radius 2 is 1.78 bits per heavy atom. The predicted octanol–water partition coefficient (Wildman–Crippen LogP) is 2.95. The van der Waals surface area contributed by atoms with Gasteiger partial charge in [-0.3, -0.25) is 4.79 Å². The molecule has 1 amide bonds. The summed E-state index contributed by atoms with van der Waals surface area (Å²) in [6.45, 7) is 2.54. The Morgan fingerprint density at radius 1 is 1.09 bits per heavy atom. The summed E-state index contributed by atoms with van der Waals surface area (Å²) in [5, 5.41) is 2.63. The van der Waals surface area contributed by atoms with Gasteiger partial charge in [-0.15, -0.1) is 0 Å². The largest absolute Gasteiger partial charge is 0.494 e. The fourth-order valence-corrected chi connectivity index (χ4v) is 2.34. The van der Waals surface area contributed by atoms with Crippen molar-refractivity contribution >= 4 is 5.91 Å². The Kier molecular flexibility index (Phi) is 6.63. The minimum Gasteiger partial charge on any atom is -0.494 e. The number of nitrogens with zero attached hydrogens (tertiary/aromatic N) is 1. The van der Waals surface area contributed by atoms with Crippen molar-refractivity contribution in [1.82, 2.24) is 10.2 Å². The Morgan fingerprint density at radius 3 is 2.43 bits per heavy atom. The van der Waals surface area contributed by atoms with Gasteiger partial charge < -0.3 is 15.0 Å². The van der Waals surface area contributed by atoms with E-state index in [4.69, 9.17) is 4.74 Å². The minimum absolute atomic E-state index is 0.0528. The second-order valence-corrected chi connectivity index (χ2v) is 5.53. The molecular weight excluding hydrogens is 288 g/mol. The number of carbonyl (C=O) groups is 1. The van der Waals surface area contributed by atoms with Crippen molar-refractivity contribution in [3.8, 4) is 5.75 Å². The average molecular weight is 312 g/mol. The summed E-state index contributed by atoms with van der Waals surface area (Å²) < 4.78 is 5.69. The maximum Gasteiger partial charge on any atom is 0.251 e. The number of hydrogen-bond acceptors (Lipinski definition) is 3. The number of rotatable bonds is 8. The molecule has 0 aliphatic heterocycles. The van der Waals surface area contributed by atoms with Crippen molar-refractivity contribution in [2.24, 2.45) is 0 Å². The van der Waals surface area contributed by atoms with Crippen LogP contribution in [-0.2, 0) is 6.54 Å². The van der Waals surface area contributed by atoms with E-state index < -0.39 is 0 Å². The fraction of sp³-hybridized carbons (Fsp3) is 0.316. The van der Waals surface area contributed by atoms with Gasteiger partial charge in [-0.1, -0.05) is 30.3 Å². The van der Waals surface area contributed by atoms with Crippen LogP contribution in [0.4, 0.5) is 0 Å². The van der Waals surface area contributed by atoms with Crippen LogP contribution in [0.15, 0.2) is 54.6 Å². The summed E-state index contributed by atoms with van der Waals surface area (Å²) in [7, 11) is 3.73. The van der Waals surface area contributed by atoms with Crippen molar-refractivity contribution in [1.29, 1.82) is 0 Å². The molecule has 0 saturated heterocycles. The maximum atomic E-state index is 11.5.